The van der Waals surface area contributed by atoms with E-state index in [0.29, 0.717) is 52.4 Å². The Bertz CT molecular complexity index is 551. The number of nitrogens with zero attached hydrogens (tertiary/aromatic N) is 4. The third kappa shape index (κ3) is 1.00. The Morgan fingerprint density at radius 2 is 1.00 bits per heavy atom. The molecule has 0 atom stereocenters. The monoisotopic (exact) mass is 358 g/mol. The zero-order chi connectivity index (χ0) is 15.6. The van der Waals surface area contributed by atoms with E-state index in [-0.39, 0.29) is 0 Å². The quantitative estimate of drug-likeness (QED) is 0.526. The van der Waals surface area contributed by atoms with Crippen LogP contribution in [0.4, 0.5) is 17.6 Å². The van der Waals surface area contributed by atoms with E-state index in [1.807, 2.05) is 0 Å². The van der Waals surface area contributed by atoms with Gasteiger partial charge in [-0.15, -0.1) is 0 Å². The fourth-order valence-electron chi connectivity index (χ4n) is 5.42. The van der Waals surface area contributed by atoms with Crippen LogP contribution in [-0.2, 0) is 0 Å². The molecule has 5 aliphatic rings. The van der Waals surface area contributed by atoms with Gasteiger partial charge in [-0.05, 0) is 0 Å². The first-order valence-electron chi connectivity index (χ1n) is 7.50. The van der Waals surface area contributed by atoms with Crippen LogP contribution < -0.4 is 0 Å². The number of hydrogen-bond acceptors (Lipinski definition) is 4. The zero-order valence-electron chi connectivity index (χ0n) is 11.8. The van der Waals surface area contributed by atoms with Crippen LogP contribution in [0.1, 0.15) is 0 Å². The number of alkyl halides is 4. The molecule has 1 spiro atoms. The molecule has 1 aliphatic carbocycles. The van der Waals surface area contributed by atoms with Gasteiger partial charge in [0.2, 0.25) is 0 Å². The van der Waals surface area contributed by atoms with E-state index in [9.17, 15) is 17.6 Å². The summed E-state index contributed by atoms with van der Waals surface area (Å²) in [5.74, 6) is -8.39. The molecule has 0 amide bonds. The summed E-state index contributed by atoms with van der Waals surface area (Å²) in [6.45, 7) is 5.22. The maximum atomic E-state index is 14.6. The van der Waals surface area contributed by atoms with Gasteiger partial charge in [0.15, 0.2) is 0 Å². The van der Waals surface area contributed by atoms with E-state index in [1.165, 1.54) is 0 Å². The van der Waals surface area contributed by atoms with Crippen molar-refractivity contribution in [2.75, 3.05) is 52.4 Å². The van der Waals surface area contributed by atoms with Gasteiger partial charge < -0.3 is 0 Å². The van der Waals surface area contributed by atoms with Crippen molar-refractivity contribution in [1.82, 2.24) is 18.7 Å². The Morgan fingerprint density at radius 1 is 0.682 bits per heavy atom. The number of allylic oxidation sites excluding steroid dienone is 2. The van der Waals surface area contributed by atoms with Gasteiger partial charge in [0, 0.05) is 0 Å². The van der Waals surface area contributed by atoms with Crippen molar-refractivity contribution in [1.29, 1.82) is 0 Å². The molecule has 0 aromatic rings. The van der Waals surface area contributed by atoms with Gasteiger partial charge in [0.05, 0.1) is 0 Å². The predicted octanol–water partition coefficient (Wildman–Crippen LogP) is 2.20. The van der Waals surface area contributed by atoms with Gasteiger partial charge in [-0.2, -0.15) is 0 Å². The van der Waals surface area contributed by atoms with Crippen molar-refractivity contribution in [3.63, 3.8) is 0 Å². The molecule has 4 fully saturated rings. The van der Waals surface area contributed by atoms with Gasteiger partial charge in [-0.25, -0.2) is 0 Å². The van der Waals surface area contributed by atoms with Crippen LogP contribution in [0.5, 0.6) is 0 Å². The fourth-order valence-corrected chi connectivity index (χ4v) is 14.2. The van der Waals surface area contributed by atoms with Gasteiger partial charge >= 0.3 is 130 Å². The Labute approximate surface area is 130 Å². The topological polar surface area (TPSA) is 13.0 Å². The molecule has 124 valence electrons. The molecular weight excluding hydrogens is 343 g/mol. The summed E-state index contributed by atoms with van der Waals surface area (Å²) in [5, 5.41) is -1.37. The Hall–Kier alpha value is 0.0200. The van der Waals surface area contributed by atoms with E-state index in [4.69, 9.17) is 11.6 Å². The average molecular weight is 359 g/mol. The van der Waals surface area contributed by atoms with E-state index < -0.39 is 29.4 Å². The Kier molecular flexibility index (Phi) is 2.39. The average Bonchev–Trinajstić information content (AvgIpc) is 3.06. The predicted molar refractivity (Wildman–Crippen MR) is 76.0 cm³/mol. The van der Waals surface area contributed by atoms with Crippen LogP contribution in [-0.4, -0.2) is 82.9 Å². The summed E-state index contributed by atoms with van der Waals surface area (Å²) in [4.78, 5) is 0. The van der Waals surface area contributed by atoms with Crippen LogP contribution in [0.3, 0.4) is 0 Å². The summed E-state index contributed by atoms with van der Waals surface area (Å²) in [6, 6.07) is 0. The van der Waals surface area contributed by atoms with E-state index in [2.05, 4.69) is 18.7 Å². The van der Waals surface area contributed by atoms with E-state index in [0.717, 1.165) is 0 Å². The summed E-state index contributed by atoms with van der Waals surface area (Å²) in [7, 11) is -3.67. The fraction of sp³-hybridized carbons (Fsp3) is 0.833. The van der Waals surface area contributed by atoms with Crippen molar-refractivity contribution in [2.45, 2.75) is 11.8 Å². The molecule has 0 bridgehead atoms. The second-order valence-corrected chi connectivity index (χ2v) is 11.5. The molecule has 22 heavy (non-hydrogen) atoms. The molecule has 4 aliphatic heterocycles. The van der Waals surface area contributed by atoms with Gasteiger partial charge in [-0.3, -0.25) is 0 Å². The van der Waals surface area contributed by atoms with Crippen molar-refractivity contribution < 1.29 is 17.6 Å². The van der Waals surface area contributed by atoms with E-state index in [1.54, 1.807) is 0 Å². The van der Waals surface area contributed by atoms with Crippen molar-refractivity contribution in [2.24, 2.45) is 0 Å². The molecule has 0 saturated carbocycles. The second-order valence-electron chi connectivity index (χ2n) is 6.56. The summed E-state index contributed by atoms with van der Waals surface area (Å²) in [6.07, 6.45) is 0. The van der Waals surface area contributed by atoms with Crippen LogP contribution in [0.2, 0.25) is 0 Å². The molecule has 0 aromatic heterocycles. The van der Waals surface area contributed by atoms with Gasteiger partial charge in [-0.1, -0.05) is 0 Å². The normalized spacial score (nSPS) is 40.3. The molecule has 5 rings (SSSR count). The number of halogens is 5. The van der Waals surface area contributed by atoms with Crippen molar-refractivity contribution in [3.05, 3.63) is 10.3 Å². The Balaban J connectivity index is 1.87. The minimum atomic E-state index is -4.23. The SMILES string of the molecule is FC1(F)C(Cl)=C(P234N5CCN2CCN3CCN4CC5)C1(F)F. The van der Waals surface area contributed by atoms with Crippen LogP contribution in [0.25, 0.3) is 0 Å². The molecular formula is C12H16ClF4N4P. The summed E-state index contributed by atoms with van der Waals surface area (Å²) >= 11 is 5.83. The molecule has 0 radical (unpaired) electrons. The molecule has 4 saturated heterocycles. The van der Waals surface area contributed by atoms with Gasteiger partial charge in [0.1, 0.15) is 0 Å². The van der Waals surface area contributed by atoms with Crippen molar-refractivity contribution in [3.8, 4) is 0 Å². The van der Waals surface area contributed by atoms with Crippen molar-refractivity contribution >= 4 is 18.8 Å². The van der Waals surface area contributed by atoms with Crippen LogP contribution >= 0.6 is 18.8 Å². The third-order valence-electron chi connectivity index (χ3n) is 6.12. The standard InChI is InChI=1S/C12H16ClF4N4P/c13-9-10(12(16,17)11(9,14)15)22-18-1-2-19(22)5-6-21(22)8-7-20(22)4-3-18/h1-8H2. The van der Waals surface area contributed by atoms with Gasteiger partial charge in [0.25, 0.3) is 0 Å². The second kappa shape index (κ2) is 3.65. The summed E-state index contributed by atoms with van der Waals surface area (Å²) in [5.41, 5.74) is 0. The number of hydrogen-bond donors (Lipinski definition) is 0. The molecule has 4 heterocycles. The van der Waals surface area contributed by atoms with Crippen LogP contribution in [0, 0.1) is 0 Å². The molecule has 10 heteroatoms. The Morgan fingerprint density at radius 3 is 1.27 bits per heavy atom. The van der Waals surface area contributed by atoms with E-state index >= 15 is 0 Å². The summed E-state index contributed by atoms with van der Waals surface area (Å²) < 4.78 is 65.0. The first-order chi connectivity index (χ1) is 10.3. The zero-order valence-corrected chi connectivity index (χ0v) is 13.4. The number of rotatable bonds is 1. The third-order valence-corrected chi connectivity index (χ3v) is 13.8. The molecule has 0 aromatic carbocycles. The first-order valence-corrected chi connectivity index (χ1v) is 9.92. The first kappa shape index (κ1) is 14.4. The maximum absolute atomic E-state index is 14.6. The minimum absolute atomic E-state index is 0.463. The molecule has 0 N–H and O–H groups in total. The van der Waals surface area contributed by atoms with Crippen LogP contribution in [0.15, 0.2) is 10.3 Å². The molecule has 4 nitrogen and oxygen atoms in total. The molecule has 0 unspecified atom stereocenters.